The molecule has 154 valence electrons. The van der Waals surface area contributed by atoms with E-state index in [2.05, 4.69) is 48.8 Å². The third kappa shape index (κ3) is 6.24. The minimum absolute atomic E-state index is 0.0536. The first-order valence-electron chi connectivity index (χ1n) is 9.64. The molecule has 0 aliphatic carbocycles. The molecule has 1 aromatic carbocycles. The summed E-state index contributed by atoms with van der Waals surface area (Å²) in [5, 5.41) is 3.50. The largest absolute Gasteiger partial charge is 0.435 e. The van der Waals surface area contributed by atoms with Gasteiger partial charge in [0.05, 0.1) is 6.10 Å². The van der Waals surface area contributed by atoms with Crippen molar-refractivity contribution >= 4 is 8.32 Å². The molecular formula is C20H34F2N2O2Si. The Kier molecular flexibility index (Phi) is 7.41. The Labute approximate surface area is 163 Å². The Balaban J connectivity index is 1.96. The molecule has 0 spiro atoms. The molecule has 4 nitrogen and oxygen atoms in total. The maximum atomic E-state index is 12.5. The van der Waals surface area contributed by atoms with E-state index in [1.165, 1.54) is 0 Å². The summed E-state index contributed by atoms with van der Waals surface area (Å²) in [6.45, 7) is 11.3. The highest BCUT2D eigenvalue weighted by molar-refractivity contribution is 6.74. The molecular weight excluding hydrogens is 366 g/mol. The lowest BCUT2D eigenvalue weighted by atomic mass is 10.1. The summed E-state index contributed by atoms with van der Waals surface area (Å²) in [5.74, 6) is 0.198. The zero-order valence-electron chi connectivity index (χ0n) is 17.4. The number of likely N-dealkylation sites (N-methyl/N-ethyl adjacent to an activating group) is 1. The van der Waals surface area contributed by atoms with Crippen LogP contribution < -0.4 is 10.1 Å². The van der Waals surface area contributed by atoms with Crippen molar-refractivity contribution in [1.82, 2.24) is 10.2 Å². The maximum absolute atomic E-state index is 12.5. The summed E-state index contributed by atoms with van der Waals surface area (Å²) in [6, 6.07) is 7.00. The minimum Gasteiger partial charge on any atom is -0.435 e. The Hall–Kier alpha value is -1.02. The molecule has 27 heavy (non-hydrogen) atoms. The summed E-state index contributed by atoms with van der Waals surface area (Å²) in [4.78, 5) is 2.39. The third-order valence-electron chi connectivity index (χ3n) is 5.77. The monoisotopic (exact) mass is 400 g/mol. The number of halogens is 2. The molecule has 1 aliphatic rings. The van der Waals surface area contributed by atoms with Crippen LogP contribution in [0.15, 0.2) is 24.3 Å². The number of nitrogens with zero attached hydrogens (tertiary/aromatic N) is 1. The Bertz CT molecular complexity index is 608. The first kappa shape index (κ1) is 22.3. The number of benzene rings is 1. The molecule has 2 atom stereocenters. The Morgan fingerprint density at radius 3 is 2.59 bits per heavy atom. The van der Waals surface area contributed by atoms with Crippen LogP contribution in [0.1, 0.15) is 38.8 Å². The summed E-state index contributed by atoms with van der Waals surface area (Å²) in [6.07, 6.45) is 1.31. The van der Waals surface area contributed by atoms with Crippen LogP contribution in [0.3, 0.4) is 0 Å². The van der Waals surface area contributed by atoms with E-state index in [0.717, 1.165) is 31.6 Å². The molecule has 1 N–H and O–H groups in total. The average molecular weight is 401 g/mol. The van der Waals surface area contributed by atoms with Crippen LogP contribution in [0.25, 0.3) is 0 Å². The lowest BCUT2D eigenvalue weighted by Crippen LogP contribution is -2.44. The van der Waals surface area contributed by atoms with E-state index < -0.39 is 14.9 Å². The maximum Gasteiger partial charge on any atom is 0.387 e. The van der Waals surface area contributed by atoms with E-state index in [1.807, 2.05) is 13.1 Å². The van der Waals surface area contributed by atoms with Crippen LogP contribution in [-0.2, 0) is 4.43 Å². The van der Waals surface area contributed by atoms with E-state index in [4.69, 9.17) is 4.43 Å². The van der Waals surface area contributed by atoms with Crippen molar-refractivity contribution in [1.29, 1.82) is 0 Å². The molecule has 1 heterocycles. The molecule has 1 unspecified atom stereocenters. The molecule has 1 saturated heterocycles. The van der Waals surface area contributed by atoms with Crippen molar-refractivity contribution in [2.45, 2.75) is 64.1 Å². The molecule has 0 bridgehead atoms. The van der Waals surface area contributed by atoms with Gasteiger partial charge in [0.2, 0.25) is 0 Å². The standard InChI is InChI=1S/C20H34F2N2O2Si/c1-20(2,3)27(5,6)26-17-10-11-24(13-17)14-18(23-4)15-8-7-9-16(12-15)25-19(21)22/h7-9,12,17-19,23H,10-11,13-14H2,1-6H3/t17?,18-/m1/s1. The number of nitrogens with one attached hydrogen (secondary N) is 1. The molecule has 1 fully saturated rings. The number of hydrogen-bond donors (Lipinski definition) is 1. The first-order valence-corrected chi connectivity index (χ1v) is 12.5. The van der Waals surface area contributed by atoms with Gasteiger partial charge in [0.1, 0.15) is 5.75 Å². The Morgan fingerprint density at radius 1 is 1.30 bits per heavy atom. The normalized spacial score (nSPS) is 20.3. The van der Waals surface area contributed by atoms with Gasteiger partial charge in [-0.15, -0.1) is 0 Å². The summed E-state index contributed by atoms with van der Waals surface area (Å²) in [7, 11) is 0.129. The van der Waals surface area contributed by atoms with Gasteiger partial charge in [0.25, 0.3) is 0 Å². The van der Waals surface area contributed by atoms with E-state index in [9.17, 15) is 8.78 Å². The van der Waals surface area contributed by atoms with Crippen molar-refractivity contribution in [3.63, 3.8) is 0 Å². The number of likely N-dealkylation sites (tertiary alicyclic amines) is 1. The second kappa shape index (κ2) is 8.98. The molecule has 1 aromatic rings. The third-order valence-corrected chi connectivity index (χ3v) is 10.3. The second-order valence-corrected chi connectivity index (χ2v) is 13.6. The number of alkyl halides is 2. The van der Waals surface area contributed by atoms with Gasteiger partial charge in [-0.25, -0.2) is 0 Å². The van der Waals surface area contributed by atoms with E-state index >= 15 is 0 Å². The van der Waals surface area contributed by atoms with Gasteiger partial charge in [-0.2, -0.15) is 8.78 Å². The van der Waals surface area contributed by atoms with Gasteiger partial charge in [-0.1, -0.05) is 32.9 Å². The highest BCUT2D eigenvalue weighted by atomic mass is 28.4. The number of hydrogen-bond acceptors (Lipinski definition) is 4. The van der Waals surface area contributed by atoms with Crippen LogP contribution in [0.2, 0.25) is 18.1 Å². The zero-order valence-corrected chi connectivity index (χ0v) is 18.4. The first-order chi connectivity index (χ1) is 12.5. The van der Waals surface area contributed by atoms with Gasteiger partial charge in [-0.3, -0.25) is 4.90 Å². The van der Waals surface area contributed by atoms with Crippen LogP contribution >= 0.6 is 0 Å². The number of ether oxygens (including phenoxy) is 1. The lowest BCUT2D eigenvalue weighted by molar-refractivity contribution is -0.0499. The molecule has 0 aromatic heterocycles. The molecule has 0 amide bonds. The SMILES string of the molecule is CN[C@H](CN1CCC(O[Si](C)(C)C(C)(C)C)C1)c1cccc(OC(F)F)c1. The zero-order chi connectivity index (χ0) is 20.2. The van der Waals surface area contributed by atoms with Crippen molar-refractivity contribution < 1.29 is 17.9 Å². The molecule has 7 heteroatoms. The summed E-state index contributed by atoms with van der Waals surface area (Å²) >= 11 is 0. The van der Waals surface area contributed by atoms with Gasteiger partial charge >= 0.3 is 6.61 Å². The quantitative estimate of drug-likeness (QED) is 0.645. The van der Waals surface area contributed by atoms with E-state index in [-0.39, 0.29) is 22.9 Å². The fraction of sp³-hybridized carbons (Fsp3) is 0.700. The minimum atomic E-state index is -2.81. The lowest BCUT2D eigenvalue weighted by Gasteiger charge is -2.38. The number of rotatable bonds is 8. The smallest absolute Gasteiger partial charge is 0.387 e. The molecule has 1 aliphatic heterocycles. The van der Waals surface area contributed by atoms with Crippen LogP contribution in [0.4, 0.5) is 8.78 Å². The molecule has 0 radical (unpaired) electrons. The van der Waals surface area contributed by atoms with Gasteiger partial charge in [0.15, 0.2) is 8.32 Å². The van der Waals surface area contributed by atoms with Crippen LogP contribution in [0, 0.1) is 0 Å². The predicted molar refractivity (Wildman–Crippen MR) is 108 cm³/mol. The highest BCUT2D eigenvalue weighted by Gasteiger charge is 2.40. The van der Waals surface area contributed by atoms with E-state index in [1.54, 1.807) is 18.2 Å². The summed E-state index contributed by atoms with van der Waals surface area (Å²) < 4.78 is 36.0. The van der Waals surface area contributed by atoms with Gasteiger partial charge in [-0.05, 0) is 49.3 Å². The molecule has 0 saturated carbocycles. The van der Waals surface area contributed by atoms with E-state index in [0.29, 0.717) is 0 Å². The van der Waals surface area contributed by atoms with Gasteiger partial charge in [0, 0.05) is 25.7 Å². The van der Waals surface area contributed by atoms with Crippen molar-refractivity contribution in [3.05, 3.63) is 29.8 Å². The fourth-order valence-electron chi connectivity index (χ4n) is 3.18. The van der Waals surface area contributed by atoms with Crippen LogP contribution in [0.5, 0.6) is 5.75 Å². The van der Waals surface area contributed by atoms with Crippen molar-refractivity contribution in [3.8, 4) is 5.75 Å². The van der Waals surface area contributed by atoms with Crippen molar-refractivity contribution in [2.75, 3.05) is 26.7 Å². The van der Waals surface area contributed by atoms with Gasteiger partial charge < -0.3 is 14.5 Å². The fourth-order valence-corrected chi connectivity index (χ4v) is 4.56. The average Bonchev–Trinajstić information content (AvgIpc) is 2.97. The highest BCUT2D eigenvalue weighted by Crippen LogP contribution is 2.38. The van der Waals surface area contributed by atoms with Crippen molar-refractivity contribution in [2.24, 2.45) is 0 Å². The predicted octanol–water partition coefficient (Wildman–Crippen LogP) is 4.64. The molecule has 2 rings (SSSR count). The second-order valence-electron chi connectivity index (χ2n) is 8.84. The summed E-state index contributed by atoms with van der Waals surface area (Å²) in [5.41, 5.74) is 0.949. The topological polar surface area (TPSA) is 33.7 Å². The Morgan fingerprint density at radius 2 is 2.00 bits per heavy atom. The van der Waals surface area contributed by atoms with Crippen LogP contribution in [-0.4, -0.2) is 52.6 Å².